The molecule has 0 aliphatic carbocycles. The average Bonchev–Trinajstić information content (AvgIpc) is 2.86. The number of carbonyl (C=O) groups excluding carboxylic acids is 1. The zero-order chi connectivity index (χ0) is 13.0. The summed E-state index contributed by atoms with van der Waals surface area (Å²) in [6.07, 6.45) is 1.66. The summed E-state index contributed by atoms with van der Waals surface area (Å²) in [6.45, 7) is 0.831. The molecule has 2 N–H and O–H groups in total. The van der Waals surface area contributed by atoms with Crippen molar-refractivity contribution >= 4 is 11.6 Å². The number of carbonyl (C=O) groups is 1. The second-order valence-electron chi connectivity index (χ2n) is 4.27. The molecule has 94 valence electrons. The number of rotatable bonds is 3. The van der Waals surface area contributed by atoms with Crippen molar-refractivity contribution in [1.29, 1.82) is 5.26 Å². The van der Waals surface area contributed by atoms with E-state index in [4.69, 9.17) is 10.4 Å². The largest absolute Gasteiger partial charge is 0.508 e. The Labute approximate surface area is 106 Å². The normalized spacial score (nSPS) is 18.4. The average molecular weight is 245 g/mol. The van der Waals surface area contributed by atoms with Gasteiger partial charge in [0.2, 0.25) is 5.91 Å². The van der Waals surface area contributed by atoms with Crippen LogP contribution in [-0.4, -0.2) is 35.0 Å². The van der Waals surface area contributed by atoms with Crippen LogP contribution in [0.4, 0.5) is 5.69 Å². The van der Waals surface area contributed by atoms with Crippen LogP contribution < -0.4 is 5.32 Å². The summed E-state index contributed by atoms with van der Waals surface area (Å²) < 4.78 is 0. The summed E-state index contributed by atoms with van der Waals surface area (Å²) >= 11 is 0. The summed E-state index contributed by atoms with van der Waals surface area (Å²) in [5, 5.41) is 21.0. The van der Waals surface area contributed by atoms with Gasteiger partial charge in [-0.2, -0.15) is 5.26 Å². The second kappa shape index (κ2) is 5.41. The number of hydrogen-bond acceptors (Lipinski definition) is 4. The molecule has 1 aliphatic heterocycles. The number of phenols is 1. The maximum absolute atomic E-state index is 11.9. The van der Waals surface area contributed by atoms with Gasteiger partial charge in [0.1, 0.15) is 11.8 Å². The van der Waals surface area contributed by atoms with Crippen molar-refractivity contribution in [2.24, 2.45) is 0 Å². The maximum Gasteiger partial charge on any atom is 0.242 e. The van der Waals surface area contributed by atoms with E-state index in [9.17, 15) is 4.79 Å². The molecule has 18 heavy (non-hydrogen) atoms. The molecular weight excluding hydrogens is 230 g/mol. The third-order valence-corrected chi connectivity index (χ3v) is 3.03. The molecule has 0 spiro atoms. The topological polar surface area (TPSA) is 76.4 Å². The predicted octanol–water partition coefficient (Wildman–Crippen LogP) is 1.32. The number of nitrogens with zero attached hydrogens (tertiary/aromatic N) is 2. The molecule has 1 saturated heterocycles. The lowest BCUT2D eigenvalue weighted by atomic mass is 10.2. The number of likely N-dealkylation sites (tertiary alicyclic amines) is 1. The van der Waals surface area contributed by atoms with Crippen LogP contribution in [0.1, 0.15) is 12.8 Å². The first-order valence-electron chi connectivity index (χ1n) is 5.92. The lowest BCUT2D eigenvalue weighted by molar-refractivity contribution is -0.129. The lowest BCUT2D eigenvalue weighted by Gasteiger charge is -2.19. The quantitative estimate of drug-likeness (QED) is 0.787. The Morgan fingerprint density at radius 3 is 2.89 bits per heavy atom. The highest BCUT2D eigenvalue weighted by molar-refractivity contribution is 5.81. The van der Waals surface area contributed by atoms with Crippen molar-refractivity contribution in [2.75, 3.05) is 18.4 Å². The first kappa shape index (κ1) is 12.2. The number of benzene rings is 1. The SMILES string of the molecule is N#C[C@@H]1CCCN1C(=O)CNc1ccc(O)cc1. The zero-order valence-corrected chi connectivity index (χ0v) is 9.97. The summed E-state index contributed by atoms with van der Waals surface area (Å²) in [7, 11) is 0. The molecule has 1 atom stereocenters. The lowest BCUT2D eigenvalue weighted by Crippen LogP contribution is -2.38. The Bertz CT molecular complexity index is 464. The van der Waals surface area contributed by atoms with Gasteiger partial charge in [0, 0.05) is 12.2 Å². The van der Waals surface area contributed by atoms with Gasteiger partial charge in [-0.1, -0.05) is 0 Å². The van der Waals surface area contributed by atoms with Crippen LogP contribution in [0.5, 0.6) is 5.75 Å². The summed E-state index contributed by atoms with van der Waals surface area (Å²) in [5.41, 5.74) is 0.772. The van der Waals surface area contributed by atoms with Crippen LogP contribution in [0.3, 0.4) is 0 Å². The van der Waals surface area contributed by atoms with Crippen molar-refractivity contribution in [3.05, 3.63) is 24.3 Å². The zero-order valence-electron chi connectivity index (χ0n) is 9.97. The molecule has 5 nitrogen and oxygen atoms in total. The third kappa shape index (κ3) is 2.72. The molecule has 5 heteroatoms. The highest BCUT2D eigenvalue weighted by Gasteiger charge is 2.27. The van der Waals surface area contributed by atoms with Gasteiger partial charge >= 0.3 is 0 Å². The Morgan fingerprint density at radius 1 is 1.50 bits per heavy atom. The monoisotopic (exact) mass is 245 g/mol. The maximum atomic E-state index is 11.9. The Balaban J connectivity index is 1.88. The predicted molar refractivity (Wildman–Crippen MR) is 66.9 cm³/mol. The van der Waals surface area contributed by atoms with Crippen LogP contribution in [0, 0.1) is 11.3 Å². The fourth-order valence-corrected chi connectivity index (χ4v) is 2.06. The van der Waals surface area contributed by atoms with E-state index < -0.39 is 0 Å². The summed E-state index contributed by atoms with van der Waals surface area (Å²) in [5.74, 6) is 0.128. The van der Waals surface area contributed by atoms with Crippen molar-refractivity contribution < 1.29 is 9.90 Å². The first-order valence-corrected chi connectivity index (χ1v) is 5.92. The van der Waals surface area contributed by atoms with E-state index in [-0.39, 0.29) is 24.2 Å². The van der Waals surface area contributed by atoms with Crippen molar-refractivity contribution in [3.8, 4) is 11.8 Å². The fourth-order valence-electron chi connectivity index (χ4n) is 2.06. The third-order valence-electron chi connectivity index (χ3n) is 3.03. The van der Waals surface area contributed by atoms with Crippen LogP contribution >= 0.6 is 0 Å². The Morgan fingerprint density at radius 2 is 2.22 bits per heavy atom. The highest BCUT2D eigenvalue weighted by atomic mass is 16.3. The van der Waals surface area contributed by atoms with E-state index in [1.165, 1.54) is 0 Å². The fraction of sp³-hybridized carbons (Fsp3) is 0.385. The molecule has 0 bridgehead atoms. The molecule has 1 fully saturated rings. The molecule has 2 rings (SSSR count). The molecule has 0 radical (unpaired) electrons. The van der Waals surface area contributed by atoms with Gasteiger partial charge in [0.05, 0.1) is 12.6 Å². The van der Waals surface area contributed by atoms with E-state index >= 15 is 0 Å². The molecule has 1 aromatic rings. The van der Waals surface area contributed by atoms with Crippen LogP contribution in [0.15, 0.2) is 24.3 Å². The molecule has 1 aliphatic rings. The van der Waals surface area contributed by atoms with Gasteiger partial charge in [-0.3, -0.25) is 4.79 Å². The van der Waals surface area contributed by atoms with Gasteiger partial charge in [-0.15, -0.1) is 0 Å². The van der Waals surface area contributed by atoms with Gasteiger partial charge in [0.15, 0.2) is 0 Å². The van der Waals surface area contributed by atoms with Crippen LogP contribution in [-0.2, 0) is 4.79 Å². The van der Waals surface area contributed by atoms with Crippen LogP contribution in [0.2, 0.25) is 0 Å². The van der Waals surface area contributed by atoms with E-state index in [0.29, 0.717) is 6.54 Å². The van der Waals surface area contributed by atoms with E-state index in [1.807, 2.05) is 0 Å². The number of amides is 1. The number of anilines is 1. The Hall–Kier alpha value is -2.22. The van der Waals surface area contributed by atoms with Gasteiger partial charge in [-0.05, 0) is 37.1 Å². The minimum Gasteiger partial charge on any atom is -0.508 e. The van der Waals surface area contributed by atoms with E-state index in [0.717, 1.165) is 18.5 Å². The summed E-state index contributed by atoms with van der Waals surface area (Å²) in [6, 6.07) is 8.38. The summed E-state index contributed by atoms with van der Waals surface area (Å²) in [4.78, 5) is 13.5. The van der Waals surface area contributed by atoms with Crippen molar-refractivity contribution in [2.45, 2.75) is 18.9 Å². The number of hydrogen-bond donors (Lipinski definition) is 2. The van der Waals surface area contributed by atoms with E-state index in [2.05, 4.69) is 11.4 Å². The van der Waals surface area contributed by atoms with Gasteiger partial charge in [0.25, 0.3) is 0 Å². The van der Waals surface area contributed by atoms with Gasteiger partial charge < -0.3 is 15.3 Å². The highest BCUT2D eigenvalue weighted by Crippen LogP contribution is 2.17. The van der Waals surface area contributed by atoms with Gasteiger partial charge in [-0.25, -0.2) is 0 Å². The van der Waals surface area contributed by atoms with Crippen molar-refractivity contribution in [3.63, 3.8) is 0 Å². The number of aromatic hydroxyl groups is 1. The molecule has 1 amide bonds. The first-order chi connectivity index (χ1) is 8.70. The van der Waals surface area contributed by atoms with Crippen LogP contribution in [0.25, 0.3) is 0 Å². The van der Waals surface area contributed by atoms with Crippen molar-refractivity contribution in [1.82, 2.24) is 4.90 Å². The second-order valence-corrected chi connectivity index (χ2v) is 4.27. The Kier molecular flexibility index (Phi) is 3.68. The smallest absolute Gasteiger partial charge is 0.242 e. The standard InChI is InChI=1S/C13H15N3O2/c14-8-11-2-1-7-16(11)13(18)9-15-10-3-5-12(17)6-4-10/h3-6,11,15,17H,1-2,7,9H2/t11-/m0/s1. The molecule has 0 aromatic heterocycles. The molecular formula is C13H15N3O2. The number of phenolic OH excluding ortho intramolecular Hbond substituents is 1. The molecule has 1 aromatic carbocycles. The number of nitrogens with one attached hydrogen (secondary N) is 1. The molecule has 0 saturated carbocycles. The molecule has 1 heterocycles. The minimum atomic E-state index is -0.279. The number of nitriles is 1. The van der Waals surface area contributed by atoms with E-state index in [1.54, 1.807) is 29.2 Å². The minimum absolute atomic E-state index is 0.0628. The molecule has 0 unspecified atom stereocenters.